The van der Waals surface area contributed by atoms with Gasteiger partial charge in [-0.15, -0.1) is 0 Å². The number of aromatic amines is 1. The Hall–Kier alpha value is -3.71. The molecule has 1 amide bonds. The summed E-state index contributed by atoms with van der Waals surface area (Å²) < 4.78 is 0. The number of hydrogen-bond acceptors (Lipinski definition) is 4. The summed E-state index contributed by atoms with van der Waals surface area (Å²) in [6.45, 7) is 4.24. The van der Waals surface area contributed by atoms with Crippen LogP contribution in [0.4, 0.5) is 5.95 Å². The summed E-state index contributed by atoms with van der Waals surface area (Å²) in [5, 5.41) is 7.52. The predicted octanol–water partition coefficient (Wildman–Crippen LogP) is 4.67. The number of guanidine groups is 1. The van der Waals surface area contributed by atoms with E-state index in [1.165, 1.54) is 0 Å². The fraction of sp³-hybridized carbons (Fsp3) is 0.167. The number of benzene rings is 2. The monoisotopic (exact) mass is 446 g/mol. The Kier molecular flexibility index (Phi) is 6.47. The number of carbonyl (C=O) groups is 1. The number of nitrogens with zero attached hydrogens (tertiary/aromatic N) is 3. The number of aryl methyl sites for hydroxylation is 2. The van der Waals surface area contributed by atoms with Crippen LogP contribution in [0, 0.1) is 13.8 Å². The fourth-order valence-electron chi connectivity index (χ4n) is 3.43. The standard InChI is InChI=1S/C24H23ClN6O/c1-15-12-16(2)29-24(28-15)31-23(30-22(32)17-6-5-7-19(25)13-17)26-11-10-18-14-27-21-9-4-3-8-20(18)21/h3-9,12-14,27H,10-11H2,1-2H3,(H2,26,28,29,30,31,32). The first-order chi connectivity index (χ1) is 15.5. The molecule has 0 atom stereocenters. The zero-order chi connectivity index (χ0) is 22.5. The van der Waals surface area contributed by atoms with Crippen LogP contribution >= 0.6 is 11.6 Å². The SMILES string of the molecule is Cc1cc(C)nc(NC(=NCCc2c[nH]c3ccccc23)NC(=O)c2cccc(Cl)c2)n1. The van der Waals surface area contributed by atoms with Crippen molar-refractivity contribution in [2.45, 2.75) is 20.3 Å². The third-order valence-corrected chi connectivity index (χ3v) is 5.09. The summed E-state index contributed by atoms with van der Waals surface area (Å²) in [4.78, 5) is 29.4. The van der Waals surface area contributed by atoms with Gasteiger partial charge in [0.25, 0.3) is 5.91 Å². The van der Waals surface area contributed by atoms with E-state index in [0.717, 1.165) is 27.9 Å². The zero-order valence-corrected chi connectivity index (χ0v) is 18.6. The minimum absolute atomic E-state index is 0.278. The maximum atomic E-state index is 12.8. The lowest BCUT2D eigenvalue weighted by atomic mass is 10.1. The minimum atomic E-state index is -0.324. The quantitative estimate of drug-likeness (QED) is 0.306. The number of rotatable bonds is 5. The molecule has 7 nitrogen and oxygen atoms in total. The van der Waals surface area contributed by atoms with Crippen LogP contribution in [-0.2, 0) is 6.42 Å². The van der Waals surface area contributed by atoms with Crippen molar-refractivity contribution in [1.82, 2.24) is 20.3 Å². The van der Waals surface area contributed by atoms with Gasteiger partial charge >= 0.3 is 0 Å². The van der Waals surface area contributed by atoms with Crippen LogP contribution in [0.2, 0.25) is 5.02 Å². The molecule has 2 aromatic carbocycles. The van der Waals surface area contributed by atoms with Gasteiger partial charge in [0.05, 0.1) is 0 Å². The Labute approximate surface area is 191 Å². The molecule has 0 saturated carbocycles. The molecule has 0 fully saturated rings. The van der Waals surface area contributed by atoms with Gasteiger partial charge in [0.1, 0.15) is 0 Å². The third kappa shape index (κ3) is 5.31. The van der Waals surface area contributed by atoms with Crippen LogP contribution in [0.5, 0.6) is 0 Å². The van der Waals surface area contributed by atoms with E-state index in [2.05, 4.69) is 36.6 Å². The molecule has 8 heteroatoms. The number of H-pyrrole nitrogens is 1. The van der Waals surface area contributed by atoms with Crippen molar-refractivity contribution < 1.29 is 4.79 Å². The van der Waals surface area contributed by atoms with Gasteiger partial charge < -0.3 is 4.98 Å². The van der Waals surface area contributed by atoms with Crippen molar-refractivity contribution in [2.75, 3.05) is 11.9 Å². The highest BCUT2D eigenvalue weighted by molar-refractivity contribution is 6.31. The zero-order valence-electron chi connectivity index (χ0n) is 17.8. The van der Waals surface area contributed by atoms with E-state index in [4.69, 9.17) is 11.6 Å². The molecule has 32 heavy (non-hydrogen) atoms. The number of fused-ring (bicyclic) bond motifs is 1. The molecule has 2 heterocycles. The lowest BCUT2D eigenvalue weighted by molar-refractivity contribution is 0.0977. The highest BCUT2D eigenvalue weighted by atomic mass is 35.5. The number of amides is 1. The van der Waals surface area contributed by atoms with Crippen LogP contribution in [0.25, 0.3) is 10.9 Å². The molecule has 0 saturated heterocycles. The molecule has 162 valence electrons. The third-order valence-electron chi connectivity index (χ3n) is 4.86. The van der Waals surface area contributed by atoms with Crippen molar-refractivity contribution in [3.05, 3.63) is 88.3 Å². The molecule has 0 spiro atoms. The van der Waals surface area contributed by atoms with Gasteiger partial charge in [0.2, 0.25) is 11.9 Å². The van der Waals surface area contributed by atoms with E-state index in [0.29, 0.717) is 29.5 Å². The second-order valence-corrected chi connectivity index (χ2v) is 7.84. The highest BCUT2D eigenvalue weighted by Crippen LogP contribution is 2.18. The smallest absolute Gasteiger partial charge is 0.258 e. The number of para-hydroxylation sites is 1. The van der Waals surface area contributed by atoms with Crippen molar-refractivity contribution in [3.8, 4) is 0 Å². The molecule has 0 aliphatic carbocycles. The summed E-state index contributed by atoms with van der Waals surface area (Å²) in [6.07, 6.45) is 2.70. The molecule has 3 N–H and O–H groups in total. The number of halogens is 1. The number of hydrogen-bond donors (Lipinski definition) is 3. The number of anilines is 1. The predicted molar refractivity (Wildman–Crippen MR) is 128 cm³/mol. The van der Waals surface area contributed by atoms with E-state index < -0.39 is 0 Å². The molecular formula is C24H23ClN6O. The molecule has 0 aliphatic heterocycles. The van der Waals surface area contributed by atoms with Gasteiger partial charge in [0, 0.05) is 45.6 Å². The maximum absolute atomic E-state index is 12.8. The number of nitrogens with one attached hydrogen (secondary N) is 3. The molecule has 0 aliphatic rings. The molecule has 4 aromatic rings. The number of aliphatic imine (C=N–C) groups is 1. The summed E-state index contributed by atoms with van der Waals surface area (Å²) in [6, 6.07) is 16.7. The number of carbonyl (C=O) groups excluding carboxylic acids is 1. The van der Waals surface area contributed by atoms with Gasteiger partial charge in [0.15, 0.2) is 0 Å². The van der Waals surface area contributed by atoms with Gasteiger partial charge in [-0.1, -0.05) is 35.9 Å². The molecule has 0 bridgehead atoms. The lowest BCUT2D eigenvalue weighted by Crippen LogP contribution is -2.37. The van der Waals surface area contributed by atoms with Gasteiger partial charge in [-0.05, 0) is 56.2 Å². The normalized spacial score (nSPS) is 11.5. The molecule has 0 unspecified atom stereocenters. The fourth-order valence-corrected chi connectivity index (χ4v) is 3.62. The summed E-state index contributed by atoms with van der Waals surface area (Å²) in [5.74, 6) is 0.328. The first-order valence-corrected chi connectivity index (χ1v) is 10.6. The van der Waals surface area contributed by atoms with Crippen LogP contribution in [0.1, 0.15) is 27.3 Å². The van der Waals surface area contributed by atoms with Crippen LogP contribution in [0.15, 0.2) is 65.8 Å². The minimum Gasteiger partial charge on any atom is -0.361 e. The molecular weight excluding hydrogens is 424 g/mol. The van der Waals surface area contributed by atoms with Gasteiger partial charge in [-0.2, -0.15) is 0 Å². The topological polar surface area (TPSA) is 95.1 Å². The number of aromatic nitrogens is 3. The average molecular weight is 447 g/mol. The Bertz CT molecular complexity index is 1280. The summed E-state index contributed by atoms with van der Waals surface area (Å²) in [5.41, 5.74) is 4.32. The second kappa shape index (κ2) is 9.62. The first kappa shape index (κ1) is 21.5. The second-order valence-electron chi connectivity index (χ2n) is 7.40. The average Bonchev–Trinajstić information content (AvgIpc) is 3.16. The molecule has 4 rings (SSSR count). The van der Waals surface area contributed by atoms with E-state index in [9.17, 15) is 4.79 Å². The van der Waals surface area contributed by atoms with E-state index >= 15 is 0 Å². The van der Waals surface area contributed by atoms with E-state index in [1.54, 1.807) is 24.3 Å². The largest absolute Gasteiger partial charge is 0.361 e. The Balaban J connectivity index is 1.54. The van der Waals surface area contributed by atoms with Crippen LogP contribution in [0.3, 0.4) is 0 Å². The van der Waals surface area contributed by atoms with Crippen molar-refractivity contribution >= 4 is 40.3 Å². The highest BCUT2D eigenvalue weighted by Gasteiger charge is 2.12. The molecule has 0 radical (unpaired) electrons. The summed E-state index contributed by atoms with van der Waals surface area (Å²) in [7, 11) is 0. The summed E-state index contributed by atoms with van der Waals surface area (Å²) >= 11 is 6.03. The molecule has 2 aromatic heterocycles. The lowest BCUT2D eigenvalue weighted by Gasteiger charge is -2.12. The Morgan fingerprint density at radius 1 is 1.06 bits per heavy atom. The van der Waals surface area contributed by atoms with Crippen molar-refractivity contribution in [3.63, 3.8) is 0 Å². The van der Waals surface area contributed by atoms with Crippen molar-refractivity contribution in [2.24, 2.45) is 4.99 Å². The van der Waals surface area contributed by atoms with Gasteiger partial charge in [-0.25, -0.2) is 9.97 Å². The Morgan fingerprint density at radius 2 is 1.84 bits per heavy atom. The van der Waals surface area contributed by atoms with Crippen LogP contribution in [-0.4, -0.2) is 33.4 Å². The van der Waals surface area contributed by atoms with E-state index in [1.807, 2.05) is 44.3 Å². The Morgan fingerprint density at radius 3 is 2.62 bits per heavy atom. The first-order valence-electron chi connectivity index (χ1n) is 10.2. The maximum Gasteiger partial charge on any atom is 0.258 e. The van der Waals surface area contributed by atoms with E-state index in [-0.39, 0.29) is 11.9 Å². The van der Waals surface area contributed by atoms with Gasteiger partial charge in [-0.3, -0.25) is 20.4 Å². The van der Waals surface area contributed by atoms with Crippen molar-refractivity contribution in [1.29, 1.82) is 0 Å². The van der Waals surface area contributed by atoms with Crippen LogP contribution < -0.4 is 10.6 Å².